The zero-order valence-electron chi connectivity index (χ0n) is 17.8. The van der Waals surface area contributed by atoms with Gasteiger partial charge in [0.15, 0.2) is 0 Å². The Hall–Kier alpha value is -3.22. The Labute approximate surface area is 181 Å². The largest absolute Gasteiger partial charge is 0.491 e. The van der Waals surface area contributed by atoms with Gasteiger partial charge in [-0.1, -0.05) is 17.3 Å². The highest BCUT2D eigenvalue weighted by Gasteiger charge is 2.26. The lowest BCUT2D eigenvalue weighted by molar-refractivity contribution is 0.0668. The summed E-state index contributed by atoms with van der Waals surface area (Å²) >= 11 is 0. The van der Waals surface area contributed by atoms with Crippen molar-refractivity contribution in [1.29, 1.82) is 0 Å². The second kappa shape index (κ2) is 9.29. The van der Waals surface area contributed by atoms with Crippen LogP contribution in [0.4, 0.5) is 4.39 Å². The molecule has 7 heteroatoms. The van der Waals surface area contributed by atoms with Gasteiger partial charge in [0.25, 0.3) is 5.91 Å². The number of likely N-dealkylation sites (tertiary alicyclic amines) is 1. The average molecular weight is 423 g/mol. The van der Waals surface area contributed by atoms with Crippen LogP contribution in [0.15, 0.2) is 53.1 Å². The number of piperidine rings is 1. The first kappa shape index (κ1) is 21.0. The van der Waals surface area contributed by atoms with Gasteiger partial charge in [0.1, 0.15) is 11.6 Å². The summed E-state index contributed by atoms with van der Waals surface area (Å²) in [5, 5.41) is 3.92. The van der Waals surface area contributed by atoms with Crippen LogP contribution in [0, 0.1) is 11.7 Å². The van der Waals surface area contributed by atoms with Gasteiger partial charge in [0, 0.05) is 25.1 Å². The minimum atomic E-state index is -0.380. The molecule has 3 aromatic rings. The van der Waals surface area contributed by atoms with Crippen molar-refractivity contribution in [3.8, 4) is 17.1 Å². The molecule has 0 saturated carbocycles. The summed E-state index contributed by atoms with van der Waals surface area (Å²) in [4.78, 5) is 19.2. The number of nitrogens with zero attached hydrogens (tertiary/aromatic N) is 3. The number of hydrogen-bond donors (Lipinski definition) is 0. The number of carbonyl (C=O) groups is 1. The molecule has 0 spiro atoms. The van der Waals surface area contributed by atoms with Crippen LogP contribution >= 0.6 is 0 Å². The molecule has 6 nitrogen and oxygen atoms in total. The van der Waals surface area contributed by atoms with E-state index < -0.39 is 0 Å². The van der Waals surface area contributed by atoms with Gasteiger partial charge in [0.05, 0.1) is 11.7 Å². The third-order valence-electron chi connectivity index (χ3n) is 5.33. The van der Waals surface area contributed by atoms with E-state index in [9.17, 15) is 9.18 Å². The van der Waals surface area contributed by atoms with E-state index >= 15 is 0 Å². The van der Waals surface area contributed by atoms with Gasteiger partial charge in [-0.05, 0) is 69.0 Å². The number of aromatic nitrogens is 2. The standard InChI is InChI=1S/C24H26FN3O3/c1-16(2)30-19-11-9-18(10-12-19)24(29)28-13-5-6-17(15-28)14-22-26-23(27-31-22)20-7-3-4-8-21(20)25/h3-4,7-12,16-17H,5-6,13-15H2,1-2H3. The first-order valence-electron chi connectivity index (χ1n) is 10.6. The highest BCUT2D eigenvalue weighted by atomic mass is 19.1. The number of benzene rings is 2. The van der Waals surface area contributed by atoms with Crippen molar-refractivity contribution in [3.63, 3.8) is 0 Å². The predicted molar refractivity (Wildman–Crippen MR) is 114 cm³/mol. The summed E-state index contributed by atoms with van der Waals surface area (Å²) in [6, 6.07) is 13.6. The normalized spacial score (nSPS) is 16.5. The second-order valence-corrected chi connectivity index (χ2v) is 8.15. The SMILES string of the molecule is CC(C)Oc1ccc(C(=O)N2CCCC(Cc3nc(-c4ccccc4F)no3)C2)cc1. The quantitative estimate of drug-likeness (QED) is 0.572. The fourth-order valence-corrected chi connectivity index (χ4v) is 3.88. The summed E-state index contributed by atoms with van der Waals surface area (Å²) in [5.41, 5.74) is 0.972. The highest BCUT2D eigenvalue weighted by molar-refractivity contribution is 5.94. The van der Waals surface area contributed by atoms with E-state index in [1.807, 2.05) is 43.0 Å². The minimum absolute atomic E-state index is 0.0124. The van der Waals surface area contributed by atoms with Gasteiger partial charge in [-0.15, -0.1) is 0 Å². The van der Waals surface area contributed by atoms with Crippen molar-refractivity contribution in [2.75, 3.05) is 13.1 Å². The third-order valence-corrected chi connectivity index (χ3v) is 5.33. The molecule has 1 atom stereocenters. The molecular weight excluding hydrogens is 397 g/mol. The highest BCUT2D eigenvalue weighted by Crippen LogP contribution is 2.25. The second-order valence-electron chi connectivity index (χ2n) is 8.15. The van der Waals surface area contributed by atoms with Crippen molar-refractivity contribution < 1.29 is 18.4 Å². The van der Waals surface area contributed by atoms with E-state index in [0.717, 1.165) is 25.1 Å². The lowest BCUT2D eigenvalue weighted by Gasteiger charge is -2.32. The van der Waals surface area contributed by atoms with Crippen LogP contribution in [0.1, 0.15) is 42.9 Å². The van der Waals surface area contributed by atoms with Crippen molar-refractivity contribution in [3.05, 3.63) is 65.8 Å². The number of halogens is 1. The van der Waals surface area contributed by atoms with Crippen LogP contribution in [-0.4, -0.2) is 40.1 Å². The molecule has 1 aromatic heterocycles. The van der Waals surface area contributed by atoms with E-state index in [1.54, 1.807) is 18.2 Å². The molecule has 1 fully saturated rings. The molecular formula is C24H26FN3O3. The van der Waals surface area contributed by atoms with Crippen LogP contribution in [-0.2, 0) is 6.42 Å². The maximum atomic E-state index is 14.0. The summed E-state index contributed by atoms with van der Waals surface area (Å²) < 4.78 is 25.0. The molecule has 0 bridgehead atoms. The first-order chi connectivity index (χ1) is 15.0. The van der Waals surface area contributed by atoms with Crippen molar-refractivity contribution in [2.24, 2.45) is 5.92 Å². The fourth-order valence-electron chi connectivity index (χ4n) is 3.88. The maximum absolute atomic E-state index is 14.0. The van der Waals surface area contributed by atoms with Crippen LogP contribution < -0.4 is 4.74 Å². The predicted octanol–water partition coefficient (Wildman–Crippen LogP) is 4.76. The summed E-state index contributed by atoms with van der Waals surface area (Å²) in [5.74, 6) is 1.32. The number of carbonyl (C=O) groups excluding carboxylic acids is 1. The summed E-state index contributed by atoms with van der Waals surface area (Å²) in [7, 11) is 0. The van der Waals surface area contributed by atoms with Gasteiger partial charge >= 0.3 is 0 Å². The lowest BCUT2D eigenvalue weighted by Crippen LogP contribution is -2.40. The van der Waals surface area contributed by atoms with E-state index in [-0.39, 0.29) is 29.6 Å². The molecule has 0 N–H and O–H groups in total. The van der Waals surface area contributed by atoms with Gasteiger partial charge in [-0.2, -0.15) is 4.98 Å². The average Bonchev–Trinajstić information content (AvgIpc) is 3.22. The van der Waals surface area contributed by atoms with Crippen LogP contribution in [0.25, 0.3) is 11.4 Å². The Bertz CT molecular complexity index is 1030. The molecule has 162 valence electrons. The van der Waals surface area contributed by atoms with Gasteiger partial charge in [-0.3, -0.25) is 4.79 Å². The number of rotatable bonds is 6. The molecule has 1 amide bonds. The Balaban J connectivity index is 1.39. The van der Waals surface area contributed by atoms with Crippen molar-refractivity contribution in [2.45, 2.75) is 39.2 Å². The summed E-state index contributed by atoms with van der Waals surface area (Å²) in [6.07, 6.45) is 2.54. The van der Waals surface area contributed by atoms with Gasteiger partial charge in [-0.25, -0.2) is 4.39 Å². The number of amides is 1. The minimum Gasteiger partial charge on any atom is -0.491 e. The number of hydrogen-bond acceptors (Lipinski definition) is 5. The molecule has 2 heterocycles. The summed E-state index contributed by atoms with van der Waals surface area (Å²) in [6.45, 7) is 5.29. The van der Waals surface area contributed by atoms with Gasteiger partial charge < -0.3 is 14.2 Å². The smallest absolute Gasteiger partial charge is 0.253 e. The lowest BCUT2D eigenvalue weighted by atomic mass is 9.94. The Morgan fingerprint density at radius 3 is 2.74 bits per heavy atom. The molecule has 31 heavy (non-hydrogen) atoms. The zero-order valence-corrected chi connectivity index (χ0v) is 17.8. The van der Waals surface area contributed by atoms with Gasteiger partial charge in [0.2, 0.25) is 11.7 Å². The zero-order chi connectivity index (χ0) is 21.8. The van der Waals surface area contributed by atoms with Crippen LogP contribution in [0.3, 0.4) is 0 Å². The molecule has 1 aliphatic rings. The Kier molecular flexibility index (Phi) is 6.30. The molecule has 2 aromatic carbocycles. The monoisotopic (exact) mass is 423 g/mol. The number of ether oxygens (including phenoxy) is 1. The molecule has 1 saturated heterocycles. The van der Waals surface area contributed by atoms with Crippen molar-refractivity contribution >= 4 is 5.91 Å². The van der Waals surface area contributed by atoms with Crippen LogP contribution in [0.2, 0.25) is 0 Å². The third kappa shape index (κ3) is 5.10. The maximum Gasteiger partial charge on any atom is 0.253 e. The van der Waals surface area contributed by atoms with Crippen molar-refractivity contribution in [1.82, 2.24) is 15.0 Å². The van der Waals surface area contributed by atoms with E-state index in [4.69, 9.17) is 9.26 Å². The molecule has 1 aliphatic heterocycles. The van der Waals surface area contributed by atoms with Crippen LogP contribution in [0.5, 0.6) is 5.75 Å². The molecule has 0 aliphatic carbocycles. The molecule has 1 unspecified atom stereocenters. The van der Waals surface area contributed by atoms with E-state index in [2.05, 4.69) is 10.1 Å². The Morgan fingerprint density at radius 2 is 2.00 bits per heavy atom. The molecule has 4 rings (SSSR count). The van der Waals surface area contributed by atoms with E-state index in [0.29, 0.717) is 30.0 Å². The molecule has 0 radical (unpaired) electrons. The fraction of sp³-hybridized carbons (Fsp3) is 0.375. The Morgan fingerprint density at radius 1 is 1.23 bits per heavy atom. The first-order valence-corrected chi connectivity index (χ1v) is 10.6. The van der Waals surface area contributed by atoms with E-state index in [1.165, 1.54) is 6.07 Å². The topological polar surface area (TPSA) is 68.5 Å².